The Hall–Kier alpha value is -3.61. The van der Waals surface area contributed by atoms with Crippen LogP contribution in [0.25, 0.3) is 0 Å². The fourth-order valence-corrected chi connectivity index (χ4v) is 3.36. The van der Waals surface area contributed by atoms with Gasteiger partial charge in [-0.2, -0.15) is 0 Å². The average Bonchev–Trinajstić information content (AvgIpc) is 2.79. The van der Waals surface area contributed by atoms with Crippen molar-refractivity contribution < 1.29 is 14.3 Å². The van der Waals surface area contributed by atoms with E-state index in [0.29, 0.717) is 43.0 Å². The van der Waals surface area contributed by atoms with Crippen LogP contribution in [-0.2, 0) is 19.4 Å². The maximum atomic E-state index is 13.0. The number of aryl methyl sites for hydroxylation is 3. The van der Waals surface area contributed by atoms with Crippen LogP contribution in [0.1, 0.15) is 27.0 Å². The zero-order valence-corrected chi connectivity index (χ0v) is 18.1. The van der Waals surface area contributed by atoms with E-state index < -0.39 is 0 Å². The Morgan fingerprint density at radius 2 is 1.74 bits per heavy atom. The van der Waals surface area contributed by atoms with Crippen LogP contribution in [0, 0.1) is 6.92 Å². The van der Waals surface area contributed by atoms with E-state index >= 15 is 0 Å². The van der Waals surface area contributed by atoms with Crippen LogP contribution >= 0.6 is 0 Å². The van der Waals surface area contributed by atoms with Crippen LogP contribution in [0.2, 0.25) is 0 Å². The van der Waals surface area contributed by atoms with E-state index in [-0.39, 0.29) is 17.0 Å². The van der Waals surface area contributed by atoms with Crippen molar-refractivity contribution in [3.63, 3.8) is 0 Å². The number of nitrogens with zero attached hydrogens (tertiary/aromatic N) is 2. The topological polar surface area (TPSA) is 82.5 Å². The molecule has 2 heterocycles. The molecule has 1 N–H and O–H groups in total. The highest BCUT2D eigenvalue weighted by Crippen LogP contribution is 2.27. The number of hydrogen-bond donors (Lipinski definition) is 1. The van der Waals surface area contributed by atoms with Crippen LogP contribution in [0.3, 0.4) is 0 Å². The highest BCUT2D eigenvalue weighted by molar-refractivity contribution is 5.95. The molecule has 3 aromatic rings. The van der Waals surface area contributed by atoms with Crippen molar-refractivity contribution >= 4 is 5.91 Å². The summed E-state index contributed by atoms with van der Waals surface area (Å²) in [5.41, 5.74) is 2.64. The summed E-state index contributed by atoms with van der Waals surface area (Å²) in [5.74, 6) is 0.951. The van der Waals surface area contributed by atoms with E-state index in [0.717, 1.165) is 11.1 Å². The summed E-state index contributed by atoms with van der Waals surface area (Å²) in [5, 5.41) is 2.85. The van der Waals surface area contributed by atoms with Crippen molar-refractivity contribution in [1.29, 1.82) is 0 Å². The number of rotatable bonds is 9. The maximum Gasteiger partial charge on any atom is 0.263 e. The van der Waals surface area contributed by atoms with Crippen molar-refractivity contribution in [1.82, 2.24) is 14.9 Å². The van der Waals surface area contributed by atoms with Gasteiger partial charge in [0.25, 0.3) is 11.5 Å². The Bertz CT molecular complexity index is 1090. The molecule has 3 rings (SSSR count). The number of ether oxygens (including phenoxy) is 2. The number of amides is 1. The molecule has 0 radical (unpaired) electrons. The first-order chi connectivity index (χ1) is 15.0. The normalized spacial score (nSPS) is 10.5. The Kier molecular flexibility index (Phi) is 7.43. The van der Waals surface area contributed by atoms with Crippen LogP contribution < -0.4 is 20.3 Å². The highest BCUT2D eigenvalue weighted by Gasteiger charge is 2.15. The van der Waals surface area contributed by atoms with Gasteiger partial charge in [0, 0.05) is 31.7 Å². The molecule has 0 bridgehead atoms. The summed E-state index contributed by atoms with van der Waals surface area (Å²) in [6.45, 7) is 2.67. The van der Waals surface area contributed by atoms with Crippen LogP contribution in [0.5, 0.6) is 11.5 Å². The summed E-state index contributed by atoms with van der Waals surface area (Å²) in [7, 11) is 3.18. The second kappa shape index (κ2) is 10.4. The summed E-state index contributed by atoms with van der Waals surface area (Å²) >= 11 is 0. The number of methoxy groups -OCH3 is 2. The predicted molar refractivity (Wildman–Crippen MR) is 119 cm³/mol. The van der Waals surface area contributed by atoms with Crippen LogP contribution in [-0.4, -0.2) is 36.2 Å². The molecule has 0 aliphatic carbocycles. The van der Waals surface area contributed by atoms with Gasteiger partial charge < -0.3 is 19.4 Å². The molecule has 1 amide bonds. The molecule has 2 aromatic heterocycles. The molecule has 31 heavy (non-hydrogen) atoms. The van der Waals surface area contributed by atoms with Gasteiger partial charge in [-0.3, -0.25) is 14.6 Å². The molecule has 7 heteroatoms. The minimum atomic E-state index is -0.350. The number of carbonyl (C=O) groups excluding carboxylic acids is 1. The number of hydrogen-bond acceptors (Lipinski definition) is 5. The minimum Gasteiger partial charge on any atom is -0.493 e. The molecule has 0 unspecified atom stereocenters. The van der Waals surface area contributed by atoms with Gasteiger partial charge in [-0.15, -0.1) is 0 Å². The Morgan fingerprint density at radius 3 is 2.45 bits per heavy atom. The third-order valence-electron chi connectivity index (χ3n) is 5.14. The zero-order valence-electron chi connectivity index (χ0n) is 18.1. The predicted octanol–water partition coefficient (Wildman–Crippen LogP) is 2.78. The lowest BCUT2D eigenvalue weighted by Gasteiger charge is -2.12. The van der Waals surface area contributed by atoms with E-state index in [1.807, 2.05) is 30.3 Å². The molecule has 7 nitrogen and oxygen atoms in total. The quantitative estimate of drug-likeness (QED) is 0.575. The molecule has 0 aliphatic rings. The lowest BCUT2D eigenvalue weighted by Crippen LogP contribution is -2.35. The van der Waals surface area contributed by atoms with Gasteiger partial charge in [-0.1, -0.05) is 6.07 Å². The average molecular weight is 421 g/mol. The molecule has 0 atom stereocenters. The Morgan fingerprint density at radius 1 is 1.00 bits per heavy atom. The number of carbonyl (C=O) groups is 1. The highest BCUT2D eigenvalue weighted by atomic mass is 16.5. The first kappa shape index (κ1) is 22.1. The molecular weight excluding hydrogens is 394 g/mol. The van der Waals surface area contributed by atoms with E-state index in [9.17, 15) is 9.59 Å². The first-order valence-corrected chi connectivity index (χ1v) is 10.1. The lowest BCUT2D eigenvalue weighted by molar-refractivity contribution is 0.0951. The van der Waals surface area contributed by atoms with Gasteiger partial charge in [-0.25, -0.2) is 0 Å². The zero-order chi connectivity index (χ0) is 22.2. The molecule has 0 fully saturated rings. The van der Waals surface area contributed by atoms with Gasteiger partial charge in [0.1, 0.15) is 5.56 Å². The monoisotopic (exact) mass is 421 g/mol. The number of nitrogens with one attached hydrogen (secondary N) is 1. The van der Waals surface area contributed by atoms with Crippen LogP contribution in [0.4, 0.5) is 0 Å². The van der Waals surface area contributed by atoms with Gasteiger partial charge >= 0.3 is 0 Å². The second-order valence-corrected chi connectivity index (χ2v) is 7.17. The summed E-state index contributed by atoms with van der Waals surface area (Å²) in [4.78, 5) is 29.6. The first-order valence-electron chi connectivity index (χ1n) is 10.1. The fraction of sp³-hybridized carbons (Fsp3) is 0.292. The molecule has 1 aromatic carbocycles. The van der Waals surface area contributed by atoms with Crippen molar-refractivity contribution in [2.75, 3.05) is 20.8 Å². The molecule has 0 aliphatic heterocycles. The maximum absolute atomic E-state index is 13.0. The summed E-state index contributed by atoms with van der Waals surface area (Å²) < 4.78 is 12.2. The van der Waals surface area contributed by atoms with Crippen molar-refractivity contribution in [2.45, 2.75) is 26.3 Å². The number of benzene rings is 1. The second-order valence-electron chi connectivity index (χ2n) is 7.17. The van der Waals surface area contributed by atoms with Gasteiger partial charge in [-0.05, 0) is 66.8 Å². The van der Waals surface area contributed by atoms with Crippen LogP contribution in [0.15, 0.2) is 59.8 Å². The molecular formula is C24H27N3O4. The largest absolute Gasteiger partial charge is 0.493 e. The van der Waals surface area contributed by atoms with E-state index in [2.05, 4.69) is 10.3 Å². The van der Waals surface area contributed by atoms with Gasteiger partial charge in [0.2, 0.25) is 0 Å². The van der Waals surface area contributed by atoms with E-state index in [1.165, 1.54) is 0 Å². The third-order valence-corrected chi connectivity index (χ3v) is 5.14. The van der Waals surface area contributed by atoms with E-state index in [4.69, 9.17) is 9.47 Å². The summed E-state index contributed by atoms with van der Waals surface area (Å²) in [6, 6.07) is 11.3. The smallest absolute Gasteiger partial charge is 0.263 e. The number of pyridine rings is 2. The standard InChI is InChI=1S/C24H27N3O4/c1-17-9-14-27(15-10-19-4-5-20(30-2)21(16-19)31-3)24(29)22(17)23(28)26-13-8-18-6-11-25-12-7-18/h4-7,9,11-12,14,16H,8,10,13,15H2,1-3H3,(H,26,28). The van der Waals surface area contributed by atoms with E-state index in [1.54, 1.807) is 50.4 Å². The molecule has 0 saturated carbocycles. The summed E-state index contributed by atoms with van der Waals surface area (Å²) in [6.07, 6.45) is 6.46. The number of aromatic nitrogens is 2. The van der Waals surface area contributed by atoms with Crippen molar-refractivity contribution in [3.8, 4) is 11.5 Å². The van der Waals surface area contributed by atoms with Gasteiger partial charge in [0.15, 0.2) is 11.5 Å². The Balaban J connectivity index is 1.68. The molecule has 0 saturated heterocycles. The lowest BCUT2D eigenvalue weighted by atomic mass is 10.1. The fourth-order valence-electron chi connectivity index (χ4n) is 3.36. The third kappa shape index (κ3) is 5.51. The Labute approximate surface area is 181 Å². The SMILES string of the molecule is COc1ccc(CCn2ccc(C)c(C(=O)NCCc3ccncc3)c2=O)cc1OC. The van der Waals surface area contributed by atoms with Crippen molar-refractivity contribution in [2.24, 2.45) is 0 Å². The minimum absolute atomic E-state index is 0.185. The van der Waals surface area contributed by atoms with Crippen molar-refractivity contribution in [3.05, 3.63) is 87.6 Å². The van der Waals surface area contributed by atoms with Gasteiger partial charge in [0.05, 0.1) is 14.2 Å². The molecule has 162 valence electrons. The molecule has 0 spiro atoms.